The van der Waals surface area contributed by atoms with Gasteiger partial charge in [0, 0.05) is 37.5 Å². The Kier molecular flexibility index (Phi) is 11.0. The van der Waals surface area contributed by atoms with Crippen molar-refractivity contribution in [3.05, 3.63) is 65.7 Å². The van der Waals surface area contributed by atoms with Crippen molar-refractivity contribution in [2.24, 2.45) is 10.7 Å². The van der Waals surface area contributed by atoms with Crippen LogP contribution in [0.5, 0.6) is 0 Å². The normalized spacial score (nSPS) is 12.5. The monoisotopic (exact) mass is 482 g/mol. The number of nitrogens with zero attached hydrogens (tertiary/aromatic N) is 2. The van der Waals surface area contributed by atoms with Crippen molar-refractivity contribution in [3.63, 3.8) is 0 Å². The first-order chi connectivity index (χ1) is 12.6. The summed E-state index contributed by atoms with van der Waals surface area (Å²) >= 11 is 0. The third kappa shape index (κ3) is 8.28. The number of guanidine groups is 1. The first-order valence-electron chi connectivity index (χ1n) is 8.98. The lowest BCUT2D eigenvalue weighted by molar-refractivity contribution is 0.185. The van der Waals surface area contributed by atoms with Crippen molar-refractivity contribution in [2.75, 3.05) is 26.0 Å². The molecule has 6 heteroatoms. The number of nitrogens with one attached hydrogen (secondary N) is 1. The van der Waals surface area contributed by atoms with Crippen molar-refractivity contribution >= 4 is 35.6 Å². The number of ether oxygens (including phenoxy) is 1. The van der Waals surface area contributed by atoms with Gasteiger partial charge in [0.2, 0.25) is 0 Å². The van der Waals surface area contributed by atoms with Crippen molar-refractivity contribution in [3.8, 4) is 0 Å². The highest BCUT2D eigenvalue weighted by molar-refractivity contribution is 14.0. The van der Waals surface area contributed by atoms with Gasteiger partial charge in [0.05, 0.1) is 6.61 Å². The molecule has 27 heavy (non-hydrogen) atoms. The van der Waals surface area contributed by atoms with Crippen molar-refractivity contribution < 1.29 is 4.74 Å². The minimum atomic E-state index is 0. The largest absolute Gasteiger partial charge is 0.380 e. The number of aliphatic imine (C=N–C) groups is 1. The third-order valence-corrected chi connectivity index (χ3v) is 4.44. The number of benzene rings is 2. The van der Waals surface area contributed by atoms with Gasteiger partial charge in [-0.3, -0.25) is 9.89 Å². The molecule has 0 radical (unpaired) electrons. The number of rotatable bonds is 9. The summed E-state index contributed by atoms with van der Waals surface area (Å²) in [5.74, 6) is 0.437. The summed E-state index contributed by atoms with van der Waals surface area (Å²) in [6, 6.07) is 18.9. The van der Waals surface area contributed by atoms with Gasteiger partial charge in [-0.15, -0.1) is 24.0 Å². The van der Waals surface area contributed by atoms with Crippen LogP contribution in [0, 0.1) is 0 Å². The van der Waals surface area contributed by atoms with Gasteiger partial charge in [-0.25, -0.2) is 0 Å². The molecule has 0 aliphatic carbocycles. The zero-order valence-electron chi connectivity index (χ0n) is 16.4. The van der Waals surface area contributed by atoms with Crippen LogP contribution in [-0.4, -0.2) is 37.6 Å². The number of methoxy groups -OCH3 is 1. The molecule has 0 fully saturated rings. The van der Waals surface area contributed by atoms with E-state index in [0.717, 1.165) is 24.2 Å². The van der Waals surface area contributed by atoms with E-state index in [1.807, 2.05) is 30.3 Å². The summed E-state index contributed by atoms with van der Waals surface area (Å²) < 4.78 is 5.21. The predicted molar refractivity (Wildman–Crippen MR) is 125 cm³/mol. The van der Waals surface area contributed by atoms with E-state index >= 15 is 0 Å². The van der Waals surface area contributed by atoms with Crippen LogP contribution in [0.4, 0.5) is 5.69 Å². The van der Waals surface area contributed by atoms with Crippen LogP contribution in [-0.2, 0) is 17.9 Å². The van der Waals surface area contributed by atoms with E-state index in [0.29, 0.717) is 25.2 Å². The Bertz CT molecular complexity index is 694. The molecule has 0 heterocycles. The second kappa shape index (κ2) is 12.7. The molecule has 0 saturated carbocycles. The molecule has 0 aliphatic rings. The predicted octanol–water partition coefficient (Wildman–Crippen LogP) is 4.09. The molecule has 2 aromatic rings. The summed E-state index contributed by atoms with van der Waals surface area (Å²) in [6.45, 7) is 4.38. The lowest BCUT2D eigenvalue weighted by Crippen LogP contribution is -2.30. The van der Waals surface area contributed by atoms with Gasteiger partial charge in [-0.05, 0) is 32.0 Å². The van der Waals surface area contributed by atoms with Gasteiger partial charge in [0.15, 0.2) is 5.96 Å². The average molecular weight is 482 g/mol. The Morgan fingerprint density at radius 2 is 1.81 bits per heavy atom. The fraction of sp³-hybridized carbons (Fsp3) is 0.381. The Morgan fingerprint density at radius 3 is 2.52 bits per heavy atom. The average Bonchev–Trinajstić information content (AvgIpc) is 2.64. The molecule has 1 unspecified atom stereocenters. The van der Waals surface area contributed by atoms with Crippen LogP contribution in [0.15, 0.2) is 59.6 Å². The Labute approximate surface area is 180 Å². The lowest BCUT2D eigenvalue weighted by Gasteiger charge is -2.24. The quantitative estimate of drug-likeness (QED) is 0.321. The van der Waals surface area contributed by atoms with Crippen LogP contribution in [0.1, 0.15) is 24.5 Å². The van der Waals surface area contributed by atoms with Gasteiger partial charge in [0.25, 0.3) is 0 Å². The highest BCUT2D eigenvalue weighted by Crippen LogP contribution is 2.15. The topological polar surface area (TPSA) is 62.9 Å². The maximum Gasteiger partial charge on any atom is 0.193 e. The first-order valence-corrected chi connectivity index (χ1v) is 8.98. The number of halogens is 1. The van der Waals surface area contributed by atoms with Gasteiger partial charge in [-0.1, -0.05) is 48.5 Å². The second-order valence-electron chi connectivity index (χ2n) is 6.52. The van der Waals surface area contributed by atoms with Gasteiger partial charge < -0.3 is 15.8 Å². The van der Waals surface area contributed by atoms with E-state index < -0.39 is 0 Å². The second-order valence-corrected chi connectivity index (χ2v) is 6.52. The molecule has 0 saturated heterocycles. The van der Waals surface area contributed by atoms with E-state index in [1.54, 1.807) is 7.11 Å². The van der Waals surface area contributed by atoms with Gasteiger partial charge >= 0.3 is 0 Å². The maximum absolute atomic E-state index is 6.04. The van der Waals surface area contributed by atoms with E-state index in [-0.39, 0.29) is 24.0 Å². The number of nitrogens with two attached hydrogens (primary N) is 1. The zero-order chi connectivity index (χ0) is 18.8. The summed E-state index contributed by atoms with van der Waals surface area (Å²) in [4.78, 5) is 6.80. The summed E-state index contributed by atoms with van der Waals surface area (Å²) in [6.07, 6.45) is 0.950. The molecule has 0 bridgehead atoms. The van der Waals surface area contributed by atoms with Crippen molar-refractivity contribution in [1.82, 2.24) is 4.90 Å². The van der Waals surface area contributed by atoms with Crippen molar-refractivity contribution in [1.29, 1.82) is 0 Å². The van der Waals surface area contributed by atoms with E-state index in [4.69, 9.17) is 10.5 Å². The Hall–Kier alpha value is -1.64. The molecular formula is C21H31IN4O. The minimum Gasteiger partial charge on any atom is -0.380 e. The van der Waals surface area contributed by atoms with Crippen LogP contribution >= 0.6 is 24.0 Å². The highest BCUT2D eigenvalue weighted by Gasteiger charge is 2.09. The molecule has 0 aliphatic heterocycles. The molecule has 0 amide bonds. The molecule has 0 aromatic heterocycles. The first kappa shape index (κ1) is 23.4. The fourth-order valence-corrected chi connectivity index (χ4v) is 2.72. The summed E-state index contributed by atoms with van der Waals surface area (Å²) in [5, 5.41) is 3.17. The van der Waals surface area contributed by atoms with E-state index in [2.05, 4.69) is 53.4 Å². The fourth-order valence-electron chi connectivity index (χ4n) is 2.72. The van der Waals surface area contributed by atoms with E-state index in [1.165, 1.54) is 5.56 Å². The molecule has 0 spiro atoms. The molecule has 5 nitrogen and oxygen atoms in total. The number of anilines is 1. The molecule has 2 rings (SSSR count). The van der Waals surface area contributed by atoms with Crippen LogP contribution in [0.25, 0.3) is 0 Å². The molecule has 1 atom stereocenters. The van der Waals surface area contributed by atoms with Crippen molar-refractivity contribution in [2.45, 2.75) is 32.5 Å². The van der Waals surface area contributed by atoms with E-state index in [9.17, 15) is 0 Å². The van der Waals surface area contributed by atoms with Crippen LogP contribution in [0.3, 0.4) is 0 Å². The Morgan fingerprint density at radius 1 is 1.15 bits per heavy atom. The molecule has 2 aromatic carbocycles. The number of hydrogen-bond acceptors (Lipinski definition) is 3. The maximum atomic E-state index is 6.04. The van der Waals surface area contributed by atoms with Crippen LogP contribution < -0.4 is 11.1 Å². The summed E-state index contributed by atoms with van der Waals surface area (Å²) in [7, 11) is 3.82. The standard InChI is InChI=1S/C21H30N4O.HI/c1-17(25(2)15-18-9-5-4-6-10-18)13-14-23-21(22)24-20-12-8-7-11-19(20)16-26-3;/h4-12,17H,13-16H2,1-3H3,(H3,22,23,24);1H. The minimum absolute atomic E-state index is 0. The van der Waals surface area contributed by atoms with Gasteiger partial charge in [0.1, 0.15) is 0 Å². The Balaban J connectivity index is 0.00000364. The number of para-hydroxylation sites is 1. The smallest absolute Gasteiger partial charge is 0.193 e. The lowest BCUT2D eigenvalue weighted by atomic mass is 10.1. The SMILES string of the molecule is COCc1ccccc1NC(N)=NCCC(C)N(C)Cc1ccccc1.I. The number of hydrogen-bond donors (Lipinski definition) is 2. The highest BCUT2D eigenvalue weighted by atomic mass is 127. The zero-order valence-corrected chi connectivity index (χ0v) is 18.7. The molecule has 148 valence electrons. The van der Waals surface area contributed by atoms with Gasteiger partial charge in [-0.2, -0.15) is 0 Å². The molecular weight excluding hydrogens is 451 g/mol. The van der Waals surface area contributed by atoms with Crippen LogP contribution in [0.2, 0.25) is 0 Å². The summed E-state index contributed by atoms with van der Waals surface area (Å²) in [5.41, 5.74) is 9.36. The molecule has 3 N–H and O–H groups in total. The third-order valence-electron chi connectivity index (χ3n) is 4.44.